The van der Waals surface area contributed by atoms with Crippen molar-refractivity contribution in [2.75, 3.05) is 19.4 Å². The summed E-state index contributed by atoms with van der Waals surface area (Å²) in [6.45, 7) is 3.01. The molecule has 1 aromatic carbocycles. The number of nitrogens with zero attached hydrogens (tertiary/aromatic N) is 1. The summed E-state index contributed by atoms with van der Waals surface area (Å²) in [4.78, 5) is 15.2. The number of hydrogen-bond donors (Lipinski definition) is 1. The third kappa shape index (κ3) is 3.98. The lowest BCUT2D eigenvalue weighted by atomic mass is 10.1. The minimum atomic E-state index is -0.0609. The molecule has 1 amide bonds. The summed E-state index contributed by atoms with van der Waals surface area (Å²) in [6, 6.07) is 7.15. The number of benzene rings is 1. The Morgan fingerprint density at radius 2 is 2.19 bits per heavy atom. The third-order valence-electron chi connectivity index (χ3n) is 2.92. The molecule has 0 radical (unpaired) electrons. The van der Waals surface area contributed by atoms with Crippen LogP contribution < -0.4 is 10.5 Å². The summed E-state index contributed by atoms with van der Waals surface area (Å²) in [5.74, 6) is 0.549. The molecule has 0 atom stereocenters. The number of nitrogens with two attached hydrogens (primary N) is 1. The topological polar surface area (TPSA) is 55.6 Å². The summed E-state index contributed by atoms with van der Waals surface area (Å²) in [7, 11) is 1.78. The van der Waals surface area contributed by atoms with E-state index in [1.165, 1.54) is 0 Å². The largest absolute Gasteiger partial charge is 0.492 e. The second kappa shape index (κ2) is 6.95. The average molecular weight is 369 g/mol. The highest BCUT2D eigenvalue weighted by Crippen LogP contribution is 2.24. The Morgan fingerprint density at radius 3 is 2.76 bits per heavy atom. The Kier molecular flexibility index (Phi) is 5.25. The number of halogens is 1. The first-order valence-electron chi connectivity index (χ1n) is 6.52. The maximum atomic E-state index is 12.4. The average Bonchev–Trinajstić information content (AvgIpc) is 2.85. The van der Waals surface area contributed by atoms with Gasteiger partial charge in [0.15, 0.2) is 0 Å². The second-order valence-electron chi connectivity index (χ2n) is 4.58. The number of thiophene rings is 1. The van der Waals surface area contributed by atoms with Gasteiger partial charge < -0.3 is 15.4 Å². The van der Waals surface area contributed by atoms with E-state index in [1.54, 1.807) is 41.5 Å². The molecule has 4 nitrogen and oxygen atoms in total. The molecule has 0 saturated heterocycles. The number of anilines is 1. The maximum absolute atomic E-state index is 12.4. The van der Waals surface area contributed by atoms with Gasteiger partial charge in [-0.2, -0.15) is 0 Å². The Hall–Kier alpha value is -1.53. The molecule has 1 heterocycles. The van der Waals surface area contributed by atoms with E-state index in [0.29, 0.717) is 30.2 Å². The van der Waals surface area contributed by atoms with E-state index in [-0.39, 0.29) is 5.91 Å². The molecule has 0 fully saturated rings. The van der Waals surface area contributed by atoms with Gasteiger partial charge in [0.05, 0.1) is 18.8 Å². The fraction of sp³-hybridized carbons (Fsp3) is 0.267. The number of carbonyl (C=O) groups excluding carboxylic acids is 1. The zero-order valence-corrected chi connectivity index (χ0v) is 14.3. The van der Waals surface area contributed by atoms with Crippen molar-refractivity contribution in [1.82, 2.24) is 4.90 Å². The molecular formula is C15H17BrN2O2S. The molecular weight excluding hydrogens is 352 g/mol. The van der Waals surface area contributed by atoms with Gasteiger partial charge in [-0.3, -0.25) is 4.79 Å². The van der Waals surface area contributed by atoms with Gasteiger partial charge in [-0.05, 0) is 47.1 Å². The number of carbonyl (C=O) groups is 1. The molecule has 0 aliphatic heterocycles. The third-order valence-corrected chi connectivity index (χ3v) is 4.60. The Morgan fingerprint density at radius 1 is 1.43 bits per heavy atom. The monoisotopic (exact) mass is 368 g/mol. The molecule has 0 saturated carbocycles. The molecule has 0 unspecified atom stereocenters. The van der Waals surface area contributed by atoms with Crippen molar-refractivity contribution >= 4 is 38.9 Å². The van der Waals surface area contributed by atoms with Crippen LogP contribution in [0.2, 0.25) is 0 Å². The minimum Gasteiger partial charge on any atom is -0.492 e. The van der Waals surface area contributed by atoms with Crippen LogP contribution >= 0.6 is 27.3 Å². The zero-order valence-electron chi connectivity index (χ0n) is 11.9. The van der Waals surface area contributed by atoms with E-state index in [9.17, 15) is 4.79 Å². The van der Waals surface area contributed by atoms with Crippen molar-refractivity contribution in [2.45, 2.75) is 13.5 Å². The van der Waals surface area contributed by atoms with Crippen molar-refractivity contribution < 1.29 is 9.53 Å². The molecule has 2 aromatic rings. The van der Waals surface area contributed by atoms with Crippen molar-refractivity contribution in [3.05, 3.63) is 44.6 Å². The van der Waals surface area contributed by atoms with Crippen LogP contribution in [0.25, 0.3) is 0 Å². The summed E-state index contributed by atoms with van der Waals surface area (Å²) in [6.07, 6.45) is 0. The van der Waals surface area contributed by atoms with Gasteiger partial charge >= 0.3 is 0 Å². The van der Waals surface area contributed by atoms with Crippen molar-refractivity contribution in [1.29, 1.82) is 0 Å². The van der Waals surface area contributed by atoms with Crippen molar-refractivity contribution in [2.24, 2.45) is 0 Å². The molecule has 2 N–H and O–H groups in total. The van der Waals surface area contributed by atoms with Gasteiger partial charge in [-0.1, -0.05) is 0 Å². The van der Waals surface area contributed by atoms with Crippen LogP contribution in [-0.2, 0) is 6.54 Å². The van der Waals surface area contributed by atoms with Crippen molar-refractivity contribution in [3.63, 3.8) is 0 Å². The fourth-order valence-corrected chi connectivity index (χ4v) is 3.43. The smallest absolute Gasteiger partial charge is 0.254 e. The van der Waals surface area contributed by atoms with Crippen LogP contribution in [0.1, 0.15) is 22.2 Å². The highest BCUT2D eigenvalue weighted by molar-refractivity contribution is 9.10. The fourth-order valence-electron chi connectivity index (χ4n) is 1.93. The molecule has 0 aliphatic carbocycles. The van der Waals surface area contributed by atoms with Gasteiger partial charge in [0.2, 0.25) is 0 Å². The Bertz CT molecular complexity index is 642. The van der Waals surface area contributed by atoms with Crippen LogP contribution in [0, 0.1) is 0 Å². The highest BCUT2D eigenvalue weighted by atomic mass is 79.9. The van der Waals surface area contributed by atoms with Crippen LogP contribution in [0.4, 0.5) is 5.69 Å². The molecule has 1 aromatic heterocycles. The molecule has 21 heavy (non-hydrogen) atoms. The summed E-state index contributed by atoms with van der Waals surface area (Å²) < 4.78 is 6.41. The van der Waals surface area contributed by atoms with Crippen LogP contribution in [0.5, 0.6) is 5.75 Å². The summed E-state index contributed by atoms with van der Waals surface area (Å²) in [5, 5.41) is 2.00. The van der Waals surface area contributed by atoms with Gasteiger partial charge in [-0.25, -0.2) is 0 Å². The van der Waals surface area contributed by atoms with Gasteiger partial charge in [0, 0.05) is 27.3 Å². The molecule has 0 bridgehead atoms. The number of ether oxygens (including phenoxy) is 1. The summed E-state index contributed by atoms with van der Waals surface area (Å²) in [5.41, 5.74) is 6.95. The first-order valence-corrected chi connectivity index (χ1v) is 8.19. The molecule has 2 rings (SSSR count). The van der Waals surface area contributed by atoms with Crippen LogP contribution in [-0.4, -0.2) is 24.5 Å². The Balaban J connectivity index is 2.10. The number of rotatable bonds is 5. The lowest BCUT2D eigenvalue weighted by molar-refractivity contribution is 0.0786. The number of nitrogen functional groups attached to an aromatic ring is 1. The minimum absolute atomic E-state index is 0.0609. The molecule has 112 valence electrons. The van der Waals surface area contributed by atoms with E-state index >= 15 is 0 Å². The SMILES string of the molecule is CCOc1ccc(C(=O)N(C)Cc2cc(Br)cs2)cc1N. The second-order valence-corrected chi connectivity index (χ2v) is 6.49. The number of hydrogen-bond acceptors (Lipinski definition) is 4. The van der Waals surface area contributed by atoms with Crippen LogP contribution in [0.3, 0.4) is 0 Å². The molecule has 0 aliphatic rings. The molecule has 0 spiro atoms. The van der Waals surface area contributed by atoms with E-state index in [0.717, 1.165) is 9.35 Å². The normalized spacial score (nSPS) is 10.4. The van der Waals surface area contributed by atoms with Gasteiger partial charge in [-0.15, -0.1) is 11.3 Å². The standard InChI is InChI=1S/C15H17BrN2O2S/c1-3-20-14-5-4-10(6-13(14)17)15(19)18(2)8-12-7-11(16)9-21-12/h4-7,9H,3,8,17H2,1-2H3. The zero-order chi connectivity index (χ0) is 15.4. The maximum Gasteiger partial charge on any atom is 0.254 e. The quantitative estimate of drug-likeness (QED) is 0.817. The first kappa shape index (κ1) is 15.9. The van der Waals surface area contributed by atoms with Crippen LogP contribution in [0.15, 0.2) is 34.1 Å². The Labute approximate surface area is 136 Å². The van der Waals surface area contributed by atoms with Gasteiger partial charge in [0.1, 0.15) is 5.75 Å². The van der Waals surface area contributed by atoms with Crippen molar-refractivity contribution in [3.8, 4) is 5.75 Å². The van der Waals surface area contributed by atoms with Gasteiger partial charge in [0.25, 0.3) is 5.91 Å². The highest BCUT2D eigenvalue weighted by Gasteiger charge is 2.14. The van der Waals surface area contributed by atoms with E-state index in [2.05, 4.69) is 15.9 Å². The lowest BCUT2D eigenvalue weighted by Gasteiger charge is -2.17. The van der Waals surface area contributed by atoms with E-state index in [4.69, 9.17) is 10.5 Å². The number of amides is 1. The predicted octanol–water partition coefficient (Wildman–Crippen LogP) is 3.76. The lowest BCUT2D eigenvalue weighted by Crippen LogP contribution is -2.25. The van der Waals surface area contributed by atoms with E-state index < -0.39 is 0 Å². The first-order chi connectivity index (χ1) is 10.0. The summed E-state index contributed by atoms with van der Waals surface area (Å²) >= 11 is 5.03. The molecule has 6 heteroatoms. The van der Waals surface area contributed by atoms with E-state index in [1.807, 2.05) is 18.4 Å². The predicted molar refractivity (Wildman–Crippen MR) is 89.8 cm³/mol.